The molecule has 1 saturated heterocycles. The fourth-order valence-electron chi connectivity index (χ4n) is 4.21. The van der Waals surface area contributed by atoms with Gasteiger partial charge >= 0.3 is 0 Å². The first-order chi connectivity index (χ1) is 12.8. The molecule has 1 heterocycles. The van der Waals surface area contributed by atoms with Crippen molar-refractivity contribution in [2.75, 3.05) is 58.9 Å². The van der Waals surface area contributed by atoms with Crippen LogP contribution in [-0.2, 0) is 0 Å². The van der Waals surface area contributed by atoms with Gasteiger partial charge in [-0.05, 0) is 51.6 Å². The van der Waals surface area contributed by atoms with E-state index in [9.17, 15) is 0 Å². The molecule has 0 aromatic heterocycles. The molecule has 6 heteroatoms. The molecule has 160 valence electrons. The molecule has 2 rings (SSSR count). The van der Waals surface area contributed by atoms with E-state index in [1.54, 1.807) is 0 Å². The standard InChI is InChI=1S/C21H43N5.HI/c1-3-22-21(24-14-9-12-20-10-5-6-11-20)23-13-7-8-15-26-18-16-25(4-2)17-19-26;/h20H,3-19H2,1-2H3,(H2,22,23,24);1H. The fourth-order valence-corrected chi connectivity index (χ4v) is 4.21. The minimum atomic E-state index is 0. The molecule has 0 amide bonds. The summed E-state index contributed by atoms with van der Waals surface area (Å²) in [5.74, 6) is 2.00. The van der Waals surface area contributed by atoms with Crippen LogP contribution in [-0.4, -0.2) is 74.7 Å². The Bertz CT molecular complexity index is 377. The van der Waals surface area contributed by atoms with Crippen LogP contribution in [0.5, 0.6) is 0 Å². The molecular weight excluding hydrogens is 449 g/mol. The minimum absolute atomic E-state index is 0. The maximum absolute atomic E-state index is 4.76. The number of aliphatic imine (C=N–C) groups is 1. The SMILES string of the molecule is CCNC(=NCCCC1CCCC1)NCCCCN1CCN(CC)CC1.I. The molecule has 5 nitrogen and oxygen atoms in total. The van der Waals surface area contributed by atoms with E-state index in [1.165, 1.54) is 90.6 Å². The third-order valence-electron chi connectivity index (χ3n) is 5.97. The Kier molecular flexibility index (Phi) is 14.6. The Morgan fingerprint density at radius 2 is 1.63 bits per heavy atom. The average Bonchev–Trinajstić information content (AvgIpc) is 3.19. The van der Waals surface area contributed by atoms with Crippen molar-refractivity contribution in [1.82, 2.24) is 20.4 Å². The molecule has 0 bridgehead atoms. The van der Waals surface area contributed by atoms with Crippen LogP contribution in [0.1, 0.15) is 65.2 Å². The third-order valence-corrected chi connectivity index (χ3v) is 5.97. The molecule has 0 unspecified atom stereocenters. The number of likely N-dealkylation sites (N-methyl/N-ethyl adjacent to an activating group) is 1. The van der Waals surface area contributed by atoms with Gasteiger partial charge in [0.15, 0.2) is 5.96 Å². The Morgan fingerprint density at radius 3 is 2.30 bits per heavy atom. The first-order valence-electron chi connectivity index (χ1n) is 11.3. The maximum Gasteiger partial charge on any atom is 0.191 e. The Morgan fingerprint density at radius 1 is 0.926 bits per heavy atom. The fraction of sp³-hybridized carbons (Fsp3) is 0.952. The molecule has 2 fully saturated rings. The lowest BCUT2D eigenvalue weighted by Crippen LogP contribution is -2.46. The summed E-state index contributed by atoms with van der Waals surface area (Å²) >= 11 is 0. The zero-order valence-corrected chi connectivity index (χ0v) is 20.2. The summed E-state index contributed by atoms with van der Waals surface area (Å²) in [6, 6.07) is 0. The highest BCUT2D eigenvalue weighted by Crippen LogP contribution is 2.28. The van der Waals surface area contributed by atoms with Gasteiger partial charge in [0.1, 0.15) is 0 Å². The number of rotatable bonds is 11. The van der Waals surface area contributed by atoms with Gasteiger partial charge < -0.3 is 20.4 Å². The predicted molar refractivity (Wildman–Crippen MR) is 128 cm³/mol. The van der Waals surface area contributed by atoms with E-state index >= 15 is 0 Å². The lowest BCUT2D eigenvalue weighted by molar-refractivity contribution is 0.136. The number of nitrogens with zero attached hydrogens (tertiary/aromatic N) is 3. The quantitative estimate of drug-likeness (QED) is 0.200. The lowest BCUT2D eigenvalue weighted by Gasteiger charge is -2.34. The van der Waals surface area contributed by atoms with Gasteiger partial charge in [-0.1, -0.05) is 32.6 Å². The van der Waals surface area contributed by atoms with Gasteiger partial charge in [0, 0.05) is 45.8 Å². The van der Waals surface area contributed by atoms with Crippen molar-refractivity contribution >= 4 is 29.9 Å². The predicted octanol–water partition coefficient (Wildman–Crippen LogP) is 3.55. The van der Waals surface area contributed by atoms with Crippen molar-refractivity contribution in [2.24, 2.45) is 10.9 Å². The van der Waals surface area contributed by atoms with Crippen LogP contribution in [0.2, 0.25) is 0 Å². The molecule has 0 aromatic carbocycles. The summed E-state index contributed by atoms with van der Waals surface area (Å²) in [6.07, 6.45) is 10.9. The van der Waals surface area contributed by atoms with E-state index in [2.05, 4.69) is 34.3 Å². The molecule has 0 radical (unpaired) electrons. The number of hydrogen-bond donors (Lipinski definition) is 2. The van der Waals surface area contributed by atoms with Crippen LogP contribution in [0, 0.1) is 5.92 Å². The second-order valence-corrected chi connectivity index (χ2v) is 7.96. The molecule has 2 aliphatic rings. The summed E-state index contributed by atoms with van der Waals surface area (Å²) < 4.78 is 0. The second kappa shape index (κ2) is 15.8. The van der Waals surface area contributed by atoms with E-state index in [0.29, 0.717) is 0 Å². The van der Waals surface area contributed by atoms with Crippen molar-refractivity contribution in [3.05, 3.63) is 0 Å². The lowest BCUT2D eigenvalue weighted by atomic mass is 10.0. The van der Waals surface area contributed by atoms with Crippen molar-refractivity contribution in [1.29, 1.82) is 0 Å². The van der Waals surface area contributed by atoms with Crippen LogP contribution < -0.4 is 10.6 Å². The van der Waals surface area contributed by atoms with Gasteiger partial charge in [0.05, 0.1) is 0 Å². The van der Waals surface area contributed by atoms with Gasteiger partial charge in [-0.3, -0.25) is 4.99 Å². The molecule has 0 aromatic rings. The number of unbranched alkanes of at least 4 members (excludes halogenated alkanes) is 1. The average molecular weight is 494 g/mol. The van der Waals surface area contributed by atoms with E-state index in [4.69, 9.17) is 4.99 Å². The topological polar surface area (TPSA) is 42.9 Å². The van der Waals surface area contributed by atoms with Gasteiger partial charge in [-0.2, -0.15) is 0 Å². The second-order valence-electron chi connectivity index (χ2n) is 7.96. The Hall–Kier alpha value is -0.0800. The highest BCUT2D eigenvalue weighted by molar-refractivity contribution is 14.0. The summed E-state index contributed by atoms with van der Waals surface area (Å²) in [4.78, 5) is 9.92. The smallest absolute Gasteiger partial charge is 0.191 e. The molecule has 1 saturated carbocycles. The van der Waals surface area contributed by atoms with Crippen LogP contribution >= 0.6 is 24.0 Å². The molecule has 0 spiro atoms. The van der Waals surface area contributed by atoms with Crippen LogP contribution in [0.4, 0.5) is 0 Å². The first-order valence-corrected chi connectivity index (χ1v) is 11.3. The van der Waals surface area contributed by atoms with Gasteiger partial charge in [-0.25, -0.2) is 0 Å². The van der Waals surface area contributed by atoms with Gasteiger partial charge in [-0.15, -0.1) is 24.0 Å². The Balaban J connectivity index is 0.00000364. The number of guanidine groups is 1. The molecule has 2 N–H and O–H groups in total. The Labute approximate surface area is 185 Å². The highest BCUT2D eigenvalue weighted by atomic mass is 127. The summed E-state index contributed by atoms with van der Waals surface area (Å²) in [5, 5.41) is 6.90. The zero-order valence-electron chi connectivity index (χ0n) is 17.8. The molecule has 1 aliphatic carbocycles. The number of hydrogen-bond acceptors (Lipinski definition) is 3. The molecule has 1 aliphatic heterocycles. The largest absolute Gasteiger partial charge is 0.357 e. The van der Waals surface area contributed by atoms with Gasteiger partial charge in [0.25, 0.3) is 0 Å². The van der Waals surface area contributed by atoms with Crippen molar-refractivity contribution in [3.8, 4) is 0 Å². The summed E-state index contributed by atoms with van der Waals surface area (Å²) in [5.41, 5.74) is 0. The number of piperazine rings is 1. The van der Waals surface area contributed by atoms with Crippen LogP contribution in [0.3, 0.4) is 0 Å². The maximum atomic E-state index is 4.76. The molecular formula is C21H44IN5. The highest BCUT2D eigenvalue weighted by Gasteiger charge is 2.15. The summed E-state index contributed by atoms with van der Waals surface area (Å²) in [6.45, 7) is 14.8. The van der Waals surface area contributed by atoms with E-state index < -0.39 is 0 Å². The number of nitrogens with one attached hydrogen (secondary N) is 2. The third kappa shape index (κ3) is 10.9. The van der Waals surface area contributed by atoms with E-state index in [1.807, 2.05) is 0 Å². The van der Waals surface area contributed by atoms with Crippen molar-refractivity contribution < 1.29 is 0 Å². The molecule has 27 heavy (non-hydrogen) atoms. The van der Waals surface area contributed by atoms with E-state index in [-0.39, 0.29) is 24.0 Å². The van der Waals surface area contributed by atoms with Crippen LogP contribution in [0.25, 0.3) is 0 Å². The minimum Gasteiger partial charge on any atom is -0.357 e. The number of halogens is 1. The van der Waals surface area contributed by atoms with E-state index in [0.717, 1.165) is 31.5 Å². The monoisotopic (exact) mass is 493 g/mol. The van der Waals surface area contributed by atoms with Crippen LogP contribution in [0.15, 0.2) is 4.99 Å². The zero-order chi connectivity index (χ0) is 18.5. The first kappa shape index (κ1) is 25.0. The molecule has 0 atom stereocenters. The van der Waals surface area contributed by atoms with Crippen molar-refractivity contribution in [3.63, 3.8) is 0 Å². The summed E-state index contributed by atoms with van der Waals surface area (Å²) in [7, 11) is 0. The normalized spacial score (nSPS) is 19.9. The van der Waals surface area contributed by atoms with Crippen molar-refractivity contribution in [2.45, 2.75) is 65.2 Å². The van der Waals surface area contributed by atoms with Gasteiger partial charge in [0.2, 0.25) is 0 Å².